The average Bonchev–Trinajstić information content (AvgIpc) is 3.42. The molecule has 3 heterocycles. The molecule has 0 aliphatic carbocycles. The molecule has 1 saturated heterocycles. The van der Waals surface area contributed by atoms with Crippen LogP contribution < -0.4 is 10.6 Å². The number of thiazole rings is 1. The Morgan fingerprint density at radius 3 is 2.54 bits per heavy atom. The fourth-order valence-corrected chi connectivity index (χ4v) is 6.03. The van der Waals surface area contributed by atoms with Crippen LogP contribution in [0.15, 0.2) is 22.3 Å². The number of carbonyl (C=O) groups excluding carboxylic acids is 4. The van der Waals surface area contributed by atoms with Gasteiger partial charge in [-0.1, -0.05) is 31.8 Å². The third-order valence-corrected chi connectivity index (χ3v) is 8.29. The monoisotopic (exact) mass is 613 g/mol. The summed E-state index contributed by atoms with van der Waals surface area (Å²) in [6.45, 7) is 5.37. The number of fused-ring (bicyclic) bond motifs is 1. The first-order valence-electron chi connectivity index (χ1n) is 13.2. The number of hydrogen-bond donors (Lipinski definition) is 2. The predicted octanol–water partition coefficient (Wildman–Crippen LogP) is 0.906. The molecular weight excluding hydrogens is 578 g/mol. The minimum absolute atomic E-state index is 0.0122. The van der Waals surface area contributed by atoms with Gasteiger partial charge in [-0.05, 0) is 18.9 Å². The largest absolute Gasteiger partial charge is 0.453 e. The number of ether oxygens (including phenoxy) is 3. The zero-order chi connectivity index (χ0) is 29.8. The van der Waals surface area contributed by atoms with E-state index in [1.165, 1.54) is 18.6 Å². The number of nitrogens with zero attached hydrogens (tertiary/aromatic N) is 3. The van der Waals surface area contributed by atoms with Gasteiger partial charge in [-0.3, -0.25) is 23.5 Å². The Morgan fingerprint density at radius 2 is 1.93 bits per heavy atom. The number of amides is 3. The van der Waals surface area contributed by atoms with Crippen molar-refractivity contribution in [1.29, 1.82) is 0 Å². The maximum Gasteiger partial charge on any atom is 0.355 e. The molecule has 3 amide bonds. The van der Waals surface area contributed by atoms with Crippen molar-refractivity contribution >= 4 is 57.2 Å². The second kappa shape index (κ2) is 16.3. The van der Waals surface area contributed by atoms with E-state index in [9.17, 15) is 23.4 Å². The summed E-state index contributed by atoms with van der Waals surface area (Å²) < 4.78 is 29.8. The number of anilines is 1. The fourth-order valence-electron chi connectivity index (χ4n) is 3.92. The first-order chi connectivity index (χ1) is 19.9. The van der Waals surface area contributed by atoms with E-state index in [0.29, 0.717) is 19.6 Å². The molecule has 1 aromatic rings. The Morgan fingerprint density at radius 1 is 1.24 bits per heavy atom. The van der Waals surface area contributed by atoms with E-state index >= 15 is 0 Å². The summed E-state index contributed by atoms with van der Waals surface area (Å²) >= 11 is 1.06. The van der Waals surface area contributed by atoms with Crippen molar-refractivity contribution in [2.45, 2.75) is 57.1 Å². The molecule has 0 aromatic carbocycles. The highest BCUT2D eigenvalue weighted by Gasteiger charge is 2.56. The van der Waals surface area contributed by atoms with Crippen LogP contribution in [0.25, 0.3) is 0 Å². The molecule has 2 aliphatic rings. The van der Waals surface area contributed by atoms with Crippen molar-refractivity contribution in [2.75, 3.05) is 44.6 Å². The van der Waals surface area contributed by atoms with Gasteiger partial charge in [0.15, 0.2) is 10.8 Å². The number of aromatic nitrogens is 1. The molecule has 0 spiro atoms. The van der Waals surface area contributed by atoms with Gasteiger partial charge in [0.1, 0.15) is 36.0 Å². The van der Waals surface area contributed by atoms with Gasteiger partial charge in [0, 0.05) is 24.3 Å². The standard InChI is InChI=1S/C25H35N5O9S2/c1-4-6-9-37-12-16(13-38-10-7-5-2)39-24(34)18-8-11-41(35)23-20(22(33)30(18)23)28-21(32)19(29-36-3)17-14-40-25(27-17)26-15-31/h8,14-16,20,23H,4-7,9-13H2,1-3H3,(H,28,32)(H,26,27,31)/t20?,23-,41?/m1/s1. The van der Waals surface area contributed by atoms with Crippen molar-refractivity contribution in [3.8, 4) is 0 Å². The van der Waals surface area contributed by atoms with Crippen LogP contribution in [0.3, 0.4) is 0 Å². The van der Waals surface area contributed by atoms with Crippen LogP contribution >= 0.6 is 11.3 Å². The maximum absolute atomic E-state index is 13.1. The summed E-state index contributed by atoms with van der Waals surface area (Å²) in [5.41, 5.74) is -0.198. The molecule has 2 N–H and O–H groups in total. The van der Waals surface area contributed by atoms with Gasteiger partial charge in [-0.15, -0.1) is 11.3 Å². The van der Waals surface area contributed by atoms with Gasteiger partial charge in [0.25, 0.3) is 11.8 Å². The van der Waals surface area contributed by atoms with Gasteiger partial charge in [0.2, 0.25) is 6.41 Å². The SMILES string of the molecule is CCCCOCC(COCCCC)OC(=O)C1=CCS(=O)[C@@H]2C(NC(=O)C(=NOC)c3csc(NC=O)n3)C(=O)N12. The van der Waals surface area contributed by atoms with Crippen LogP contribution in [0, 0.1) is 0 Å². The third kappa shape index (κ3) is 8.40. The Bertz CT molecular complexity index is 1160. The number of rotatable bonds is 18. The molecule has 16 heteroatoms. The molecule has 226 valence electrons. The van der Waals surface area contributed by atoms with Crippen LogP contribution in [0.2, 0.25) is 0 Å². The molecule has 2 unspecified atom stereocenters. The van der Waals surface area contributed by atoms with E-state index in [1.807, 2.05) is 13.8 Å². The molecule has 0 bridgehead atoms. The Kier molecular flexibility index (Phi) is 12.8. The van der Waals surface area contributed by atoms with E-state index in [-0.39, 0.29) is 41.2 Å². The zero-order valence-corrected chi connectivity index (χ0v) is 24.8. The topological polar surface area (TPSA) is 175 Å². The molecule has 0 saturated carbocycles. The van der Waals surface area contributed by atoms with Crippen molar-refractivity contribution in [1.82, 2.24) is 15.2 Å². The highest BCUT2D eigenvalue weighted by Crippen LogP contribution is 2.32. The molecule has 1 fully saturated rings. The summed E-state index contributed by atoms with van der Waals surface area (Å²) in [6, 6.07) is -1.18. The van der Waals surface area contributed by atoms with Crippen molar-refractivity contribution in [3.05, 3.63) is 22.8 Å². The van der Waals surface area contributed by atoms with Crippen LogP contribution in [-0.4, -0.2) is 101 Å². The lowest BCUT2D eigenvalue weighted by molar-refractivity contribution is -0.159. The smallest absolute Gasteiger partial charge is 0.355 e. The average molecular weight is 614 g/mol. The lowest BCUT2D eigenvalue weighted by Crippen LogP contribution is -2.73. The Labute approximate surface area is 244 Å². The van der Waals surface area contributed by atoms with Crippen LogP contribution in [0.5, 0.6) is 0 Å². The molecule has 14 nitrogen and oxygen atoms in total. The van der Waals surface area contributed by atoms with E-state index in [2.05, 4.69) is 20.8 Å². The molecular formula is C25H35N5O9S2. The highest BCUT2D eigenvalue weighted by molar-refractivity contribution is 7.86. The first-order valence-corrected chi connectivity index (χ1v) is 15.5. The minimum atomic E-state index is -1.60. The Balaban J connectivity index is 1.67. The van der Waals surface area contributed by atoms with Crippen molar-refractivity contribution < 1.29 is 42.4 Å². The number of esters is 1. The van der Waals surface area contributed by atoms with E-state index in [4.69, 9.17) is 19.0 Å². The summed E-state index contributed by atoms with van der Waals surface area (Å²) in [5.74, 6) is -2.22. The van der Waals surface area contributed by atoms with Gasteiger partial charge in [0.05, 0.1) is 24.0 Å². The van der Waals surface area contributed by atoms with Gasteiger partial charge in [-0.25, -0.2) is 9.78 Å². The van der Waals surface area contributed by atoms with Gasteiger partial charge in [-0.2, -0.15) is 0 Å². The summed E-state index contributed by atoms with van der Waals surface area (Å²) in [5, 5.41) is 9.31. The normalized spacial score (nSPS) is 20.1. The predicted molar refractivity (Wildman–Crippen MR) is 150 cm³/mol. The van der Waals surface area contributed by atoms with Gasteiger partial charge < -0.3 is 29.7 Å². The quantitative estimate of drug-likeness (QED) is 0.0605. The molecule has 1 aromatic heterocycles. The number of carbonyl (C=O) groups is 4. The first kappa shape index (κ1) is 32.3. The van der Waals surface area contributed by atoms with Crippen LogP contribution in [-0.2, 0) is 49.0 Å². The lowest BCUT2D eigenvalue weighted by atomic mass is 10.0. The van der Waals surface area contributed by atoms with E-state index in [0.717, 1.165) is 41.9 Å². The summed E-state index contributed by atoms with van der Waals surface area (Å²) in [6.07, 6.45) is 4.78. The Hall–Kier alpha value is -3.21. The van der Waals surface area contributed by atoms with Crippen LogP contribution in [0.4, 0.5) is 5.13 Å². The van der Waals surface area contributed by atoms with Crippen LogP contribution in [0.1, 0.15) is 45.2 Å². The fraction of sp³-hybridized carbons (Fsp3) is 0.600. The maximum atomic E-state index is 13.1. The summed E-state index contributed by atoms with van der Waals surface area (Å²) in [4.78, 5) is 59.9. The molecule has 41 heavy (non-hydrogen) atoms. The minimum Gasteiger partial charge on any atom is -0.453 e. The van der Waals surface area contributed by atoms with Crippen molar-refractivity contribution in [3.63, 3.8) is 0 Å². The summed E-state index contributed by atoms with van der Waals surface area (Å²) in [7, 11) is -0.364. The molecule has 0 radical (unpaired) electrons. The second-order valence-corrected chi connectivity index (χ2v) is 11.4. The van der Waals surface area contributed by atoms with E-state index in [1.54, 1.807) is 0 Å². The van der Waals surface area contributed by atoms with Gasteiger partial charge >= 0.3 is 5.97 Å². The number of hydrogen-bond acceptors (Lipinski definition) is 12. The number of nitrogens with one attached hydrogen (secondary N) is 2. The molecule has 2 aliphatic heterocycles. The molecule has 3 rings (SSSR count). The number of β-lactam (4-membered cyclic amide) rings is 1. The molecule has 3 atom stereocenters. The second-order valence-electron chi connectivity index (χ2n) is 8.99. The lowest BCUT2D eigenvalue weighted by Gasteiger charge is -2.48. The third-order valence-electron chi connectivity index (χ3n) is 6.00. The zero-order valence-electron chi connectivity index (χ0n) is 23.2. The van der Waals surface area contributed by atoms with Crippen molar-refractivity contribution in [2.24, 2.45) is 5.16 Å². The number of oxime groups is 1. The number of unbranched alkanes of at least 4 members (excludes halogenated alkanes) is 2. The van der Waals surface area contributed by atoms with E-state index < -0.39 is 46.1 Å². The highest BCUT2D eigenvalue weighted by atomic mass is 32.2.